The summed E-state index contributed by atoms with van der Waals surface area (Å²) in [5.41, 5.74) is -0.256. The van der Waals surface area contributed by atoms with Crippen LogP contribution in [0.5, 0.6) is 0 Å². The molecule has 0 aliphatic heterocycles. The molecular weight excluding hydrogens is 440 g/mol. The van der Waals surface area contributed by atoms with Crippen LogP contribution in [-0.2, 0) is 24.8 Å². The summed E-state index contributed by atoms with van der Waals surface area (Å²) in [4.78, 5) is 11.8. The van der Waals surface area contributed by atoms with E-state index in [9.17, 15) is 21.6 Å². The highest BCUT2D eigenvalue weighted by atomic mass is 32.2. The fraction of sp³-hybridized carbons (Fsp3) is 0.667. The van der Waals surface area contributed by atoms with Gasteiger partial charge in [0, 0.05) is 26.2 Å². The van der Waals surface area contributed by atoms with Crippen molar-refractivity contribution in [3.63, 3.8) is 0 Å². The highest BCUT2D eigenvalue weighted by Gasteiger charge is 2.37. The Morgan fingerprint density at radius 3 is 1.65 bits per heavy atom. The predicted molar refractivity (Wildman–Crippen MR) is 121 cm³/mol. The van der Waals surface area contributed by atoms with E-state index < -0.39 is 30.9 Å². The maximum absolute atomic E-state index is 13.7. The van der Waals surface area contributed by atoms with Gasteiger partial charge in [-0.05, 0) is 44.7 Å². The summed E-state index contributed by atoms with van der Waals surface area (Å²) in [6.07, 6.45) is 2.27. The van der Waals surface area contributed by atoms with Crippen LogP contribution in [0.4, 0.5) is 0 Å². The molecule has 178 valence electrons. The SMILES string of the molecule is CCCN(CCC)S(=O)(=O)c1cccc(C(=O)OCC)c1S(=O)(=O)N(CCC)CCC. The van der Waals surface area contributed by atoms with E-state index in [0.29, 0.717) is 25.7 Å². The highest BCUT2D eigenvalue weighted by molar-refractivity contribution is 7.92. The normalized spacial score (nSPS) is 12.5. The maximum Gasteiger partial charge on any atom is 0.339 e. The minimum absolute atomic E-state index is 0.0424. The first-order chi connectivity index (χ1) is 14.6. The lowest BCUT2D eigenvalue weighted by Crippen LogP contribution is -2.37. The summed E-state index contributed by atoms with van der Waals surface area (Å²) in [5, 5.41) is 0. The molecule has 1 aromatic carbocycles. The van der Waals surface area contributed by atoms with Gasteiger partial charge in [-0.2, -0.15) is 8.61 Å². The number of hydrogen-bond donors (Lipinski definition) is 0. The Bertz CT molecular complexity index is 917. The second-order valence-electron chi connectivity index (χ2n) is 7.16. The lowest BCUT2D eigenvalue weighted by atomic mass is 10.2. The molecule has 0 spiro atoms. The van der Waals surface area contributed by atoms with Crippen LogP contribution >= 0.6 is 0 Å². The second kappa shape index (κ2) is 12.5. The van der Waals surface area contributed by atoms with Crippen molar-refractivity contribution in [1.29, 1.82) is 0 Å². The average Bonchev–Trinajstić information content (AvgIpc) is 2.73. The quantitative estimate of drug-likeness (QED) is 0.381. The molecule has 31 heavy (non-hydrogen) atoms. The van der Waals surface area contributed by atoms with Crippen LogP contribution in [0.15, 0.2) is 28.0 Å². The van der Waals surface area contributed by atoms with Gasteiger partial charge in [-0.25, -0.2) is 21.6 Å². The molecule has 0 fully saturated rings. The van der Waals surface area contributed by atoms with Gasteiger partial charge in [0.05, 0.1) is 12.2 Å². The molecule has 10 heteroatoms. The summed E-state index contributed by atoms with van der Waals surface area (Å²) in [6.45, 7) is 10.0. The molecule has 0 unspecified atom stereocenters. The Balaban J connectivity index is 3.90. The summed E-state index contributed by atoms with van der Waals surface area (Å²) in [7, 11) is -8.42. The minimum atomic E-state index is -4.27. The zero-order valence-corrected chi connectivity index (χ0v) is 20.9. The molecular formula is C21H36N2O6S2. The molecule has 0 aliphatic rings. The first-order valence-corrected chi connectivity index (χ1v) is 13.8. The third kappa shape index (κ3) is 6.50. The number of nitrogens with zero attached hydrogens (tertiary/aromatic N) is 2. The molecule has 0 saturated carbocycles. The van der Waals surface area contributed by atoms with Crippen molar-refractivity contribution < 1.29 is 26.4 Å². The molecule has 0 aromatic heterocycles. The Hall–Kier alpha value is -1.49. The molecule has 0 radical (unpaired) electrons. The Morgan fingerprint density at radius 1 is 0.774 bits per heavy atom. The topological polar surface area (TPSA) is 101 Å². The standard InChI is InChI=1S/C21H36N2O6S2/c1-6-14-22(15-7-2)30(25,26)19-13-11-12-18(21(24)29-10-5)20(19)31(27,28)23(16-8-3)17-9-4/h11-13H,6-10,14-17H2,1-5H3. The molecule has 1 aromatic rings. The number of carbonyl (C=O) groups is 1. The Labute approximate surface area is 187 Å². The third-order valence-corrected chi connectivity index (χ3v) is 8.65. The first kappa shape index (κ1) is 27.5. The van der Waals surface area contributed by atoms with Crippen LogP contribution in [0.1, 0.15) is 70.7 Å². The van der Waals surface area contributed by atoms with E-state index in [-0.39, 0.29) is 43.2 Å². The number of sulfonamides is 2. The van der Waals surface area contributed by atoms with Crippen LogP contribution in [0.3, 0.4) is 0 Å². The van der Waals surface area contributed by atoms with Gasteiger partial charge in [-0.15, -0.1) is 0 Å². The number of rotatable bonds is 14. The van der Waals surface area contributed by atoms with Crippen molar-refractivity contribution in [2.45, 2.75) is 70.1 Å². The Morgan fingerprint density at radius 2 is 1.23 bits per heavy atom. The van der Waals surface area contributed by atoms with Crippen LogP contribution in [0.25, 0.3) is 0 Å². The van der Waals surface area contributed by atoms with E-state index in [4.69, 9.17) is 4.74 Å². The maximum atomic E-state index is 13.7. The van der Waals surface area contributed by atoms with Crippen molar-refractivity contribution in [3.05, 3.63) is 23.8 Å². The number of carbonyl (C=O) groups excluding carboxylic acids is 1. The van der Waals surface area contributed by atoms with E-state index in [1.807, 2.05) is 27.7 Å². The van der Waals surface area contributed by atoms with Crippen LogP contribution in [-0.4, -0.2) is 64.2 Å². The van der Waals surface area contributed by atoms with Gasteiger partial charge in [0.1, 0.15) is 9.79 Å². The van der Waals surface area contributed by atoms with E-state index in [2.05, 4.69) is 0 Å². The fourth-order valence-electron chi connectivity index (χ4n) is 3.32. The lowest BCUT2D eigenvalue weighted by molar-refractivity contribution is 0.0521. The molecule has 0 amide bonds. The second-order valence-corrected chi connectivity index (χ2v) is 10.9. The smallest absolute Gasteiger partial charge is 0.339 e. The van der Waals surface area contributed by atoms with Gasteiger partial charge >= 0.3 is 5.97 Å². The van der Waals surface area contributed by atoms with E-state index in [1.54, 1.807) is 6.92 Å². The molecule has 0 saturated heterocycles. The number of ether oxygens (including phenoxy) is 1. The summed E-state index contributed by atoms with van der Waals surface area (Å²) in [5.74, 6) is -0.858. The van der Waals surface area contributed by atoms with Gasteiger partial charge in [-0.1, -0.05) is 33.8 Å². The van der Waals surface area contributed by atoms with Crippen LogP contribution in [0, 0.1) is 0 Å². The summed E-state index contributed by atoms with van der Waals surface area (Å²) in [6, 6.07) is 3.96. The van der Waals surface area contributed by atoms with Crippen molar-refractivity contribution in [2.24, 2.45) is 0 Å². The van der Waals surface area contributed by atoms with Crippen molar-refractivity contribution in [3.8, 4) is 0 Å². The number of benzene rings is 1. The molecule has 0 heterocycles. The lowest BCUT2D eigenvalue weighted by Gasteiger charge is -2.26. The van der Waals surface area contributed by atoms with Crippen molar-refractivity contribution in [2.75, 3.05) is 32.8 Å². The zero-order valence-electron chi connectivity index (χ0n) is 19.3. The third-order valence-electron chi connectivity index (χ3n) is 4.58. The minimum Gasteiger partial charge on any atom is -0.462 e. The van der Waals surface area contributed by atoms with Crippen LogP contribution in [0.2, 0.25) is 0 Å². The molecule has 0 N–H and O–H groups in total. The van der Waals surface area contributed by atoms with Gasteiger partial charge in [0.2, 0.25) is 20.0 Å². The van der Waals surface area contributed by atoms with Gasteiger partial charge in [0.15, 0.2) is 0 Å². The van der Waals surface area contributed by atoms with E-state index >= 15 is 0 Å². The summed E-state index contributed by atoms with van der Waals surface area (Å²) >= 11 is 0. The zero-order chi connectivity index (χ0) is 23.7. The number of hydrogen-bond acceptors (Lipinski definition) is 6. The monoisotopic (exact) mass is 476 g/mol. The average molecular weight is 477 g/mol. The largest absolute Gasteiger partial charge is 0.462 e. The molecule has 0 bridgehead atoms. The molecule has 1 rings (SSSR count). The van der Waals surface area contributed by atoms with E-state index in [1.165, 1.54) is 26.8 Å². The van der Waals surface area contributed by atoms with Crippen LogP contribution < -0.4 is 0 Å². The summed E-state index contributed by atoms with van der Waals surface area (Å²) < 4.78 is 62.0. The van der Waals surface area contributed by atoms with Gasteiger partial charge in [-0.3, -0.25) is 0 Å². The predicted octanol–water partition coefficient (Wildman–Crippen LogP) is 3.48. The van der Waals surface area contributed by atoms with Crippen molar-refractivity contribution in [1.82, 2.24) is 8.61 Å². The first-order valence-electron chi connectivity index (χ1n) is 10.9. The van der Waals surface area contributed by atoms with Crippen molar-refractivity contribution >= 4 is 26.0 Å². The van der Waals surface area contributed by atoms with Gasteiger partial charge < -0.3 is 4.74 Å². The highest BCUT2D eigenvalue weighted by Crippen LogP contribution is 2.31. The fourth-order valence-corrected chi connectivity index (χ4v) is 7.53. The Kier molecular flexibility index (Phi) is 11.1. The van der Waals surface area contributed by atoms with E-state index in [0.717, 1.165) is 0 Å². The number of esters is 1. The molecule has 8 nitrogen and oxygen atoms in total. The molecule has 0 atom stereocenters. The van der Waals surface area contributed by atoms with Gasteiger partial charge in [0.25, 0.3) is 0 Å². The molecule has 0 aliphatic carbocycles.